The summed E-state index contributed by atoms with van der Waals surface area (Å²) in [4.78, 5) is 57.3. The number of nitrogens with zero attached hydrogens (tertiary/aromatic N) is 3. The van der Waals surface area contributed by atoms with Crippen LogP contribution >= 0.6 is 0 Å². The highest BCUT2D eigenvalue weighted by atomic mass is 19.1. The summed E-state index contributed by atoms with van der Waals surface area (Å²) in [7, 11) is 0. The third-order valence-electron chi connectivity index (χ3n) is 9.54. The zero-order valence-corrected chi connectivity index (χ0v) is 22.9. The van der Waals surface area contributed by atoms with Crippen molar-refractivity contribution < 1.29 is 23.6 Å². The number of amides is 4. The number of carbonyl (C=O) groups is 4. The Morgan fingerprint density at radius 1 is 0.951 bits per heavy atom. The van der Waals surface area contributed by atoms with Crippen LogP contribution in [0.3, 0.4) is 0 Å². The second-order valence-electron chi connectivity index (χ2n) is 11.9. The molecule has 4 amide bonds. The molecule has 3 unspecified atom stereocenters. The van der Waals surface area contributed by atoms with Gasteiger partial charge in [-0.1, -0.05) is 30.3 Å². The largest absolute Gasteiger partial charge is 0.336 e. The summed E-state index contributed by atoms with van der Waals surface area (Å²) in [6.07, 6.45) is 5.22. The first-order valence-corrected chi connectivity index (χ1v) is 14.7. The fourth-order valence-electron chi connectivity index (χ4n) is 7.43. The number of rotatable bonds is 5. The number of hydrogen-bond donors (Lipinski definition) is 1. The summed E-state index contributed by atoms with van der Waals surface area (Å²) in [6.45, 7) is 2.30. The minimum atomic E-state index is -0.627. The van der Waals surface area contributed by atoms with Crippen molar-refractivity contribution in [1.29, 1.82) is 0 Å². The van der Waals surface area contributed by atoms with Gasteiger partial charge in [-0.2, -0.15) is 0 Å². The standard InChI is InChI=1S/C32H33FN4O4/c33-22-10-8-19(9-11-22)25-6-1-2-7-26(25)31(40)35-17-23-14-24(18-35)36(23)15-20-4-3-5-21-16-37(32(41)29(20)21)27-12-13-28(38)34-30(27)39/h3-5,8-11,23-24,27H,1-2,6-7,12-18H2,(H,34,38,39). The number of halogens is 1. The Morgan fingerprint density at radius 2 is 1.71 bits per heavy atom. The van der Waals surface area contributed by atoms with Gasteiger partial charge in [-0.15, -0.1) is 0 Å². The second kappa shape index (κ2) is 10.2. The summed E-state index contributed by atoms with van der Waals surface area (Å²) in [5.41, 5.74) is 5.40. The van der Waals surface area contributed by atoms with E-state index >= 15 is 0 Å². The van der Waals surface area contributed by atoms with Crippen molar-refractivity contribution >= 4 is 29.2 Å². The molecule has 4 saturated heterocycles. The molecule has 9 heteroatoms. The number of benzene rings is 2. The summed E-state index contributed by atoms with van der Waals surface area (Å²) in [6, 6.07) is 12.2. The molecule has 3 atom stereocenters. The van der Waals surface area contributed by atoms with E-state index in [0.29, 0.717) is 38.2 Å². The lowest BCUT2D eigenvalue weighted by atomic mass is 9.83. The van der Waals surface area contributed by atoms with E-state index in [1.165, 1.54) is 12.1 Å². The summed E-state index contributed by atoms with van der Waals surface area (Å²) in [5.74, 6) is -1.01. The molecule has 0 radical (unpaired) electrons. The lowest BCUT2D eigenvalue weighted by Crippen LogP contribution is -2.69. The van der Waals surface area contributed by atoms with Crippen molar-refractivity contribution in [3.63, 3.8) is 0 Å². The highest BCUT2D eigenvalue weighted by Crippen LogP contribution is 2.39. The van der Waals surface area contributed by atoms with Gasteiger partial charge in [0.25, 0.3) is 5.91 Å². The lowest BCUT2D eigenvalue weighted by molar-refractivity contribution is -0.141. The smallest absolute Gasteiger partial charge is 0.255 e. The van der Waals surface area contributed by atoms with Crippen molar-refractivity contribution in [2.24, 2.45) is 0 Å². The maximum absolute atomic E-state index is 13.7. The van der Waals surface area contributed by atoms with E-state index in [4.69, 9.17) is 0 Å². The zero-order chi connectivity index (χ0) is 28.2. The van der Waals surface area contributed by atoms with Crippen LogP contribution in [0.15, 0.2) is 48.0 Å². The Hall–Kier alpha value is -3.85. The van der Waals surface area contributed by atoms with Crippen LogP contribution in [-0.4, -0.2) is 69.5 Å². The number of carbonyl (C=O) groups excluding carboxylic acids is 4. The maximum atomic E-state index is 13.7. The van der Waals surface area contributed by atoms with Crippen LogP contribution in [0.5, 0.6) is 0 Å². The molecule has 5 aliphatic heterocycles. The summed E-state index contributed by atoms with van der Waals surface area (Å²) in [5, 5.41) is 2.37. The molecule has 1 N–H and O–H groups in total. The van der Waals surface area contributed by atoms with Gasteiger partial charge in [0.15, 0.2) is 0 Å². The topological polar surface area (TPSA) is 90.0 Å². The quantitative estimate of drug-likeness (QED) is 0.571. The molecule has 41 heavy (non-hydrogen) atoms. The van der Waals surface area contributed by atoms with E-state index in [9.17, 15) is 23.6 Å². The van der Waals surface area contributed by atoms with Crippen molar-refractivity contribution in [3.05, 3.63) is 76.1 Å². The van der Waals surface area contributed by atoms with Crippen LogP contribution in [0.4, 0.5) is 4.39 Å². The number of nitrogens with one attached hydrogen (secondary N) is 1. The van der Waals surface area contributed by atoms with Crippen molar-refractivity contribution in [2.45, 2.75) is 76.2 Å². The van der Waals surface area contributed by atoms with Crippen LogP contribution in [0.1, 0.15) is 72.0 Å². The Bertz CT molecular complexity index is 1470. The summed E-state index contributed by atoms with van der Waals surface area (Å²) >= 11 is 0. The van der Waals surface area contributed by atoms with E-state index in [1.54, 1.807) is 17.0 Å². The van der Waals surface area contributed by atoms with Crippen LogP contribution in [0, 0.1) is 5.82 Å². The van der Waals surface area contributed by atoms with Gasteiger partial charge in [0, 0.05) is 55.8 Å². The van der Waals surface area contributed by atoms with Crippen LogP contribution in [0.25, 0.3) is 5.57 Å². The molecule has 5 heterocycles. The number of piperazine rings is 1. The van der Waals surface area contributed by atoms with Gasteiger partial charge in [0.05, 0.1) is 0 Å². The minimum absolute atomic E-state index is 0.106. The molecule has 2 aromatic carbocycles. The predicted octanol–water partition coefficient (Wildman–Crippen LogP) is 3.40. The SMILES string of the molecule is O=C1CCC(N2Cc3cccc(CN4C5CC4CN(C(=O)C4=C(c6ccc(F)cc6)CCCC4)C5)c3C2=O)C(=O)N1. The minimum Gasteiger partial charge on any atom is -0.336 e. The maximum Gasteiger partial charge on any atom is 0.255 e. The Labute approximate surface area is 238 Å². The second-order valence-corrected chi connectivity index (χ2v) is 11.9. The molecule has 6 aliphatic rings. The molecule has 0 aromatic heterocycles. The van der Waals surface area contributed by atoms with E-state index in [-0.39, 0.29) is 42.0 Å². The van der Waals surface area contributed by atoms with Gasteiger partial charge in [0.2, 0.25) is 17.7 Å². The van der Waals surface area contributed by atoms with E-state index in [2.05, 4.69) is 10.2 Å². The molecule has 4 fully saturated rings. The normalized spacial score (nSPS) is 26.2. The number of imide groups is 1. The van der Waals surface area contributed by atoms with Crippen molar-refractivity contribution in [3.8, 4) is 0 Å². The fraction of sp³-hybridized carbons (Fsp3) is 0.438. The number of piperidine rings is 2. The Balaban J connectivity index is 1.05. The number of fused-ring (bicyclic) bond motifs is 3. The average molecular weight is 557 g/mol. The first kappa shape index (κ1) is 26.1. The third-order valence-corrected chi connectivity index (χ3v) is 9.54. The molecule has 1 aliphatic carbocycles. The van der Waals surface area contributed by atoms with Crippen LogP contribution < -0.4 is 5.32 Å². The average Bonchev–Trinajstić information content (AvgIpc) is 3.32. The van der Waals surface area contributed by atoms with Crippen LogP contribution in [-0.2, 0) is 27.5 Å². The number of allylic oxidation sites excluding steroid dienone is 1. The highest BCUT2D eigenvalue weighted by molar-refractivity contribution is 6.06. The van der Waals surface area contributed by atoms with Crippen LogP contribution in [0.2, 0.25) is 0 Å². The van der Waals surface area contributed by atoms with E-state index in [1.807, 2.05) is 23.1 Å². The molecular formula is C32H33FN4O4. The number of hydrogen-bond acceptors (Lipinski definition) is 5. The van der Waals surface area contributed by atoms with E-state index in [0.717, 1.165) is 59.9 Å². The first-order chi connectivity index (χ1) is 19.9. The molecule has 0 saturated carbocycles. The Morgan fingerprint density at radius 3 is 2.46 bits per heavy atom. The Kier molecular flexibility index (Phi) is 6.49. The molecule has 8 rings (SSSR count). The van der Waals surface area contributed by atoms with Gasteiger partial charge in [-0.3, -0.25) is 29.4 Å². The van der Waals surface area contributed by atoms with Gasteiger partial charge in [-0.25, -0.2) is 4.39 Å². The summed E-state index contributed by atoms with van der Waals surface area (Å²) < 4.78 is 13.5. The molecule has 212 valence electrons. The van der Waals surface area contributed by atoms with Crippen molar-refractivity contribution in [1.82, 2.24) is 20.0 Å². The molecule has 2 aromatic rings. The van der Waals surface area contributed by atoms with E-state index < -0.39 is 11.9 Å². The zero-order valence-electron chi connectivity index (χ0n) is 22.9. The van der Waals surface area contributed by atoms with Gasteiger partial charge >= 0.3 is 0 Å². The monoisotopic (exact) mass is 556 g/mol. The highest BCUT2D eigenvalue weighted by Gasteiger charge is 2.47. The molecule has 0 spiro atoms. The van der Waals surface area contributed by atoms with Crippen molar-refractivity contribution in [2.75, 3.05) is 13.1 Å². The predicted molar refractivity (Wildman–Crippen MR) is 149 cm³/mol. The molecule has 8 nitrogen and oxygen atoms in total. The third kappa shape index (κ3) is 4.56. The lowest BCUT2D eigenvalue weighted by Gasteiger charge is -2.56. The fourth-order valence-corrected chi connectivity index (χ4v) is 7.43. The first-order valence-electron chi connectivity index (χ1n) is 14.7. The van der Waals surface area contributed by atoms with Gasteiger partial charge < -0.3 is 9.80 Å². The van der Waals surface area contributed by atoms with Gasteiger partial charge in [-0.05, 0) is 72.9 Å². The van der Waals surface area contributed by atoms with Gasteiger partial charge in [0.1, 0.15) is 11.9 Å². The molecular weight excluding hydrogens is 523 g/mol. The molecule has 2 bridgehead atoms.